The number of rotatable bonds is 1. The highest BCUT2D eigenvalue weighted by Crippen LogP contribution is 2.21. The van der Waals surface area contributed by atoms with Gasteiger partial charge in [0.15, 0.2) is 5.12 Å². The molecule has 0 heterocycles. The predicted octanol–water partition coefficient (Wildman–Crippen LogP) is 2.86. The van der Waals surface area contributed by atoms with Crippen LogP contribution in [0.1, 0.15) is 18.1 Å². The van der Waals surface area contributed by atoms with E-state index in [4.69, 9.17) is 17.3 Å². The van der Waals surface area contributed by atoms with Gasteiger partial charge in [0.25, 0.3) is 0 Å². The summed E-state index contributed by atoms with van der Waals surface area (Å²) >= 11 is 7.17. The number of carbonyl (C=O) groups excluding carboxylic acids is 1. The highest BCUT2D eigenvalue weighted by molar-refractivity contribution is 8.13. The van der Waals surface area contributed by atoms with E-state index in [1.54, 1.807) is 6.07 Å². The van der Waals surface area contributed by atoms with Gasteiger partial charge in [0.2, 0.25) is 0 Å². The number of nitrogens with two attached hydrogens (primary N) is 1. The van der Waals surface area contributed by atoms with E-state index < -0.39 is 0 Å². The van der Waals surface area contributed by atoms with E-state index in [0.717, 1.165) is 11.1 Å². The van der Waals surface area contributed by atoms with Gasteiger partial charge in [0.05, 0.1) is 10.8 Å². The van der Waals surface area contributed by atoms with Crippen LogP contribution >= 0.6 is 23.4 Å². The van der Waals surface area contributed by atoms with Gasteiger partial charge in [-0.05, 0) is 24.6 Å². The molecule has 2 N–H and O–H groups in total. The zero-order valence-electron chi connectivity index (χ0n) is 9.13. The van der Waals surface area contributed by atoms with E-state index in [1.165, 1.54) is 18.7 Å². The van der Waals surface area contributed by atoms with Crippen molar-refractivity contribution in [3.8, 4) is 11.8 Å². The quantitative estimate of drug-likeness (QED) is 0.618. The normalized spacial score (nSPS) is 9.44. The number of carbonyl (C=O) groups is 1. The minimum Gasteiger partial charge on any atom is -0.398 e. The topological polar surface area (TPSA) is 43.1 Å². The van der Waals surface area contributed by atoms with Gasteiger partial charge in [-0.2, -0.15) is 0 Å². The van der Waals surface area contributed by atoms with E-state index in [0.29, 0.717) is 16.5 Å². The number of thioether (sulfide) groups is 1. The molecular formula is C12H12ClNOS. The third-order valence-corrected chi connectivity index (χ3v) is 2.93. The van der Waals surface area contributed by atoms with Crippen molar-refractivity contribution >= 4 is 34.2 Å². The predicted molar refractivity (Wildman–Crippen MR) is 70.6 cm³/mol. The average molecular weight is 254 g/mol. The van der Waals surface area contributed by atoms with Crippen LogP contribution in [0.2, 0.25) is 5.02 Å². The first-order valence-electron chi connectivity index (χ1n) is 4.68. The van der Waals surface area contributed by atoms with E-state index in [1.807, 2.05) is 13.0 Å². The molecule has 0 atom stereocenters. The first-order valence-corrected chi connectivity index (χ1v) is 6.05. The molecule has 1 aromatic rings. The first kappa shape index (κ1) is 13.0. The van der Waals surface area contributed by atoms with Gasteiger partial charge in [-0.1, -0.05) is 35.2 Å². The van der Waals surface area contributed by atoms with Crippen LogP contribution in [0.15, 0.2) is 12.1 Å². The lowest BCUT2D eigenvalue weighted by atomic mass is 10.1. The lowest BCUT2D eigenvalue weighted by Crippen LogP contribution is -1.91. The van der Waals surface area contributed by atoms with Gasteiger partial charge in [-0.3, -0.25) is 4.79 Å². The van der Waals surface area contributed by atoms with Crippen molar-refractivity contribution in [2.45, 2.75) is 13.8 Å². The summed E-state index contributed by atoms with van der Waals surface area (Å²) in [5.74, 6) is 6.29. The molecule has 0 aliphatic rings. The molecule has 84 valence electrons. The SMILES string of the molecule is CC(=O)SCC#Cc1cc(C)c(N)cc1Cl. The van der Waals surface area contributed by atoms with Gasteiger partial charge in [0.1, 0.15) is 0 Å². The molecular weight excluding hydrogens is 242 g/mol. The molecule has 0 radical (unpaired) electrons. The number of hydrogen-bond acceptors (Lipinski definition) is 3. The first-order chi connectivity index (χ1) is 7.50. The van der Waals surface area contributed by atoms with Crippen LogP contribution in [0.4, 0.5) is 5.69 Å². The second-order valence-electron chi connectivity index (χ2n) is 3.27. The Kier molecular flexibility index (Phi) is 4.72. The number of hydrogen-bond donors (Lipinski definition) is 1. The van der Waals surface area contributed by atoms with E-state index >= 15 is 0 Å². The van der Waals surface area contributed by atoms with E-state index in [9.17, 15) is 4.79 Å². The lowest BCUT2D eigenvalue weighted by molar-refractivity contribution is -0.109. The van der Waals surface area contributed by atoms with Crippen molar-refractivity contribution in [3.63, 3.8) is 0 Å². The number of benzene rings is 1. The molecule has 1 rings (SSSR count). The van der Waals surface area contributed by atoms with Crippen molar-refractivity contribution in [1.82, 2.24) is 0 Å². The highest BCUT2D eigenvalue weighted by Gasteiger charge is 2.01. The van der Waals surface area contributed by atoms with Crippen LogP contribution in [-0.4, -0.2) is 10.9 Å². The minimum absolute atomic E-state index is 0.0638. The van der Waals surface area contributed by atoms with Gasteiger partial charge >= 0.3 is 0 Å². The van der Waals surface area contributed by atoms with Crippen molar-refractivity contribution in [1.29, 1.82) is 0 Å². The van der Waals surface area contributed by atoms with Crippen LogP contribution in [0.25, 0.3) is 0 Å². The molecule has 16 heavy (non-hydrogen) atoms. The van der Waals surface area contributed by atoms with E-state index in [-0.39, 0.29) is 5.12 Å². The third-order valence-electron chi connectivity index (χ3n) is 1.93. The number of anilines is 1. The van der Waals surface area contributed by atoms with Crippen molar-refractivity contribution < 1.29 is 4.79 Å². The summed E-state index contributed by atoms with van der Waals surface area (Å²) in [6.45, 7) is 3.42. The molecule has 1 aromatic carbocycles. The monoisotopic (exact) mass is 253 g/mol. The van der Waals surface area contributed by atoms with Crippen molar-refractivity contribution in [2.24, 2.45) is 0 Å². The molecule has 0 saturated carbocycles. The fraction of sp³-hybridized carbons (Fsp3) is 0.250. The zero-order chi connectivity index (χ0) is 12.1. The summed E-state index contributed by atoms with van der Waals surface area (Å²) in [5.41, 5.74) is 8.06. The van der Waals surface area contributed by atoms with Gasteiger partial charge in [-0.25, -0.2) is 0 Å². The summed E-state index contributed by atoms with van der Waals surface area (Å²) in [4.78, 5) is 10.7. The Labute approximate surface area is 105 Å². The molecule has 0 aliphatic heterocycles. The third kappa shape index (κ3) is 3.80. The molecule has 0 amide bonds. The fourth-order valence-electron chi connectivity index (χ4n) is 1.06. The number of nitrogen functional groups attached to an aromatic ring is 1. The maximum absolute atomic E-state index is 10.7. The fourth-order valence-corrected chi connectivity index (χ4v) is 1.63. The molecule has 4 heteroatoms. The largest absolute Gasteiger partial charge is 0.398 e. The summed E-state index contributed by atoms with van der Waals surface area (Å²) in [5, 5.41) is 0.609. The van der Waals surface area contributed by atoms with E-state index in [2.05, 4.69) is 11.8 Å². The summed E-state index contributed by atoms with van der Waals surface area (Å²) < 4.78 is 0. The Bertz CT molecular complexity index is 474. The average Bonchev–Trinajstić information content (AvgIpc) is 2.19. The molecule has 0 fully saturated rings. The van der Waals surface area contributed by atoms with Gasteiger partial charge < -0.3 is 5.73 Å². The molecule has 2 nitrogen and oxygen atoms in total. The molecule has 0 unspecified atom stereocenters. The van der Waals surface area contributed by atoms with Crippen LogP contribution in [0, 0.1) is 18.8 Å². The Balaban J connectivity index is 2.81. The maximum Gasteiger partial charge on any atom is 0.186 e. The Hall–Kier alpha value is -1.11. The minimum atomic E-state index is 0.0638. The van der Waals surface area contributed by atoms with Crippen LogP contribution in [0.3, 0.4) is 0 Å². The van der Waals surface area contributed by atoms with Crippen LogP contribution < -0.4 is 5.73 Å². The Morgan fingerprint density at radius 1 is 1.56 bits per heavy atom. The Morgan fingerprint density at radius 3 is 2.88 bits per heavy atom. The second kappa shape index (κ2) is 5.83. The maximum atomic E-state index is 10.7. The summed E-state index contributed by atoms with van der Waals surface area (Å²) in [6.07, 6.45) is 0. The molecule has 0 bridgehead atoms. The molecule has 0 aromatic heterocycles. The van der Waals surface area contributed by atoms with Crippen molar-refractivity contribution in [2.75, 3.05) is 11.5 Å². The molecule has 0 saturated heterocycles. The smallest absolute Gasteiger partial charge is 0.186 e. The molecule has 0 aliphatic carbocycles. The number of aryl methyl sites for hydroxylation is 1. The van der Waals surface area contributed by atoms with Crippen LogP contribution in [-0.2, 0) is 4.79 Å². The zero-order valence-corrected chi connectivity index (χ0v) is 10.7. The summed E-state index contributed by atoms with van der Waals surface area (Å²) in [7, 11) is 0. The molecule has 0 spiro atoms. The van der Waals surface area contributed by atoms with Gasteiger partial charge in [-0.15, -0.1) is 0 Å². The lowest BCUT2D eigenvalue weighted by Gasteiger charge is -2.02. The van der Waals surface area contributed by atoms with Crippen LogP contribution in [0.5, 0.6) is 0 Å². The highest BCUT2D eigenvalue weighted by atomic mass is 35.5. The van der Waals surface area contributed by atoms with Gasteiger partial charge in [0, 0.05) is 18.2 Å². The van der Waals surface area contributed by atoms with Crippen molar-refractivity contribution in [3.05, 3.63) is 28.3 Å². The standard InChI is InChI=1S/C12H12ClNOS/c1-8-6-10(11(13)7-12(8)14)4-3-5-16-9(2)15/h6-7H,5,14H2,1-2H3. The Morgan fingerprint density at radius 2 is 2.25 bits per heavy atom. The second-order valence-corrected chi connectivity index (χ2v) is 4.83. The number of halogens is 1. The summed E-state index contributed by atoms with van der Waals surface area (Å²) in [6, 6.07) is 3.54.